The molecule has 1 amide bonds. The molecule has 0 unspecified atom stereocenters. The van der Waals surface area contributed by atoms with Crippen molar-refractivity contribution >= 4 is 11.6 Å². The SMILES string of the molecule is O=C(Nc1cccnc1)[C@@H]1C[C@H]2OCC[C@H]2N(Cc2ccncc2)C1. The van der Waals surface area contributed by atoms with Crippen LogP contribution >= 0.6 is 0 Å². The van der Waals surface area contributed by atoms with Crippen molar-refractivity contribution in [2.45, 2.75) is 31.5 Å². The molecule has 1 N–H and O–H groups in total. The van der Waals surface area contributed by atoms with Crippen LogP contribution in [0.2, 0.25) is 0 Å². The van der Waals surface area contributed by atoms with Gasteiger partial charge in [-0.15, -0.1) is 0 Å². The summed E-state index contributed by atoms with van der Waals surface area (Å²) in [5.41, 5.74) is 1.96. The van der Waals surface area contributed by atoms with E-state index >= 15 is 0 Å². The predicted molar refractivity (Wildman–Crippen MR) is 93.8 cm³/mol. The average Bonchev–Trinajstić information content (AvgIpc) is 3.12. The standard InChI is InChI=1S/C19H22N4O2/c24-19(22-16-2-1-6-21-11-16)15-10-18-17(5-9-25-18)23(13-15)12-14-3-7-20-8-4-14/h1-4,6-8,11,15,17-18H,5,9-10,12-13H2,(H,22,24)/t15-,17-,18-/m1/s1. The summed E-state index contributed by atoms with van der Waals surface area (Å²) in [4.78, 5) is 23.2. The maximum atomic E-state index is 12.7. The largest absolute Gasteiger partial charge is 0.377 e. The quantitative estimate of drug-likeness (QED) is 0.925. The zero-order chi connectivity index (χ0) is 17.1. The van der Waals surface area contributed by atoms with Gasteiger partial charge in [-0.3, -0.25) is 19.7 Å². The first-order valence-corrected chi connectivity index (χ1v) is 8.75. The van der Waals surface area contributed by atoms with E-state index in [1.165, 1.54) is 5.56 Å². The van der Waals surface area contributed by atoms with Crippen LogP contribution in [0.5, 0.6) is 0 Å². The van der Waals surface area contributed by atoms with E-state index < -0.39 is 0 Å². The molecule has 25 heavy (non-hydrogen) atoms. The number of ether oxygens (including phenoxy) is 1. The molecule has 4 rings (SSSR count). The Balaban J connectivity index is 1.47. The average molecular weight is 338 g/mol. The van der Waals surface area contributed by atoms with Gasteiger partial charge in [-0.25, -0.2) is 0 Å². The van der Waals surface area contributed by atoms with Crippen LogP contribution in [0.1, 0.15) is 18.4 Å². The molecule has 6 heteroatoms. The van der Waals surface area contributed by atoms with Gasteiger partial charge in [0.1, 0.15) is 0 Å². The van der Waals surface area contributed by atoms with E-state index in [1.807, 2.05) is 36.7 Å². The number of nitrogens with one attached hydrogen (secondary N) is 1. The Morgan fingerprint density at radius 2 is 2.12 bits per heavy atom. The van der Waals surface area contributed by atoms with E-state index in [0.717, 1.165) is 38.2 Å². The Bertz CT molecular complexity index is 710. The van der Waals surface area contributed by atoms with Crippen molar-refractivity contribution in [2.24, 2.45) is 5.92 Å². The van der Waals surface area contributed by atoms with E-state index in [2.05, 4.69) is 20.2 Å². The number of pyridine rings is 2. The van der Waals surface area contributed by atoms with Gasteiger partial charge in [0.15, 0.2) is 0 Å². The van der Waals surface area contributed by atoms with E-state index in [1.54, 1.807) is 12.4 Å². The third kappa shape index (κ3) is 3.70. The van der Waals surface area contributed by atoms with E-state index in [0.29, 0.717) is 6.04 Å². The molecule has 2 aliphatic rings. The summed E-state index contributed by atoms with van der Waals surface area (Å²) < 4.78 is 5.91. The normalized spacial score (nSPS) is 26.2. The number of likely N-dealkylation sites (tertiary alicyclic amines) is 1. The van der Waals surface area contributed by atoms with Crippen molar-refractivity contribution in [1.29, 1.82) is 0 Å². The molecule has 4 heterocycles. The zero-order valence-electron chi connectivity index (χ0n) is 14.0. The Kier molecular flexibility index (Phi) is 4.72. The highest BCUT2D eigenvalue weighted by molar-refractivity contribution is 5.92. The second kappa shape index (κ2) is 7.29. The van der Waals surface area contributed by atoms with Gasteiger partial charge in [-0.2, -0.15) is 0 Å². The molecule has 2 fully saturated rings. The van der Waals surface area contributed by atoms with Crippen LogP contribution in [0, 0.1) is 5.92 Å². The minimum absolute atomic E-state index is 0.0432. The van der Waals surface area contributed by atoms with Crippen LogP contribution in [0.25, 0.3) is 0 Å². The molecule has 2 saturated heterocycles. The molecule has 2 aromatic rings. The Labute approximate surface area is 147 Å². The lowest BCUT2D eigenvalue weighted by Gasteiger charge is -2.40. The number of hydrogen-bond donors (Lipinski definition) is 1. The van der Waals surface area contributed by atoms with Gasteiger partial charge in [0.25, 0.3) is 0 Å². The zero-order valence-corrected chi connectivity index (χ0v) is 14.0. The lowest BCUT2D eigenvalue weighted by molar-refractivity contribution is -0.124. The minimum Gasteiger partial charge on any atom is -0.377 e. The molecule has 6 nitrogen and oxygen atoms in total. The number of carbonyl (C=O) groups excluding carboxylic acids is 1. The summed E-state index contributed by atoms with van der Waals surface area (Å²) in [7, 11) is 0. The van der Waals surface area contributed by atoms with E-state index in [4.69, 9.17) is 4.74 Å². The van der Waals surface area contributed by atoms with Crippen molar-refractivity contribution in [3.63, 3.8) is 0 Å². The van der Waals surface area contributed by atoms with Crippen LogP contribution in [0.4, 0.5) is 5.69 Å². The van der Waals surface area contributed by atoms with Crippen LogP contribution in [0.3, 0.4) is 0 Å². The summed E-state index contributed by atoms with van der Waals surface area (Å²) in [5, 5.41) is 2.98. The molecular weight excluding hydrogens is 316 g/mol. The molecule has 0 bridgehead atoms. The van der Waals surface area contributed by atoms with Gasteiger partial charge in [0, 0.05) is 44.3 Å². The highest BCUT2D eigenvalue weighted by Crippen LogP contribution is 2.32. The van der Waals surface area contributed by atoms with Crippen molar-refractivity contribution in [3.8, 4) is 0 Å². The van der Waals surface area contributed by atoms with Crippen molar-refractivity contribution < 1.29 is 9.53 Å². The van der Waals surface area contributed by atoms with Crippen molar-refractivity contribution in [1.82, 2.24) is 14.9 Å². The van der Waals surface area contributed by atoms with Gasteiger partial charge in [-0.1, -0.05) is 0 Å². The molecule has 0 saturated carbocycles. The molecule has 2 aliphatic heterocycles. The Hall–Kier alpha value is -2.31. The summed E-state index contributed by atoms with van der Waals surface area (Å²) in [6.45, 7) is 2.35. The first-order valence-electron chi connectivity index (χ1n) is 8.75. The highest BCUT2D eigenvalue weighted by Gasteiger charge is 2.42. The minimum atomic E-state index is -0.0820. The predicted octanol–water partition coefficient (Wildman–Crippen LogP) is 2.09. The van der Waals surface area contributed by atoms with Gasteiger partial charge < -0.3 is 10.1 Å². The van der Waals surface area contributed by atoms with Gasteiger partial charge in [-0.05, 0) is 42.7 Å². The van der Waals surface area contributed by atoms with Gasteiger partial charge in [0.05, 0.1) is 23.9 Å². The number of anilines is 1. The smallest absolute Gasteiger partial charge is 0.228 e. The van der Waals surface area contributed by atoms with Crippen LogP contribution < -0.4 is 5.32 Å². The number of rotatable bonds is 4. The van der Waals surface area contributed by atoms with Gasteiger partial charge >= 0.3 is 0 Å². The summed E-state index contributed by atoms with van der Waals surface area (Å²) in [6.07, 6.45) is 8.95. The first-order chi connectivity index (χ1) is 12.3. The second-order valence-electron chi connectivity index (χ2n) is 6.71. The lowest BCUT2D eigenvalue weighted by Crippen LogP contribution is -2.51. The van der Waals surface area contributed by atoms with Gasteiger partial charge in [0.2, 0.25) is 5.91 Å². The fraction of sp³-hybridized carbons (Fsp3) is 0.421. The van der Waals surface area contributed by atoms with Crippen molar-refractivity contribution in [3.05, 3.63) is 54.6 Å². The fourth-order valence-electron chi connectivity index (χ4n) is 3.83. The second-order valence-corrected chi connectivity index (χ2v) is 6.71. The number of piperidine rings is 1. The molecule has 0 radical (unpaired) electrons. The van der Waals surface area contributed by atoms with E-state index in [-0.39, 0.29) is 17.9 Å². The van der Waals surface area contributed by atoms with Crippen LogP contribution in [-0.2, 0) is 16.1 Å². The summed E-state index contributed by atoms with van der Waals surface area (Å²) in [6, 6.07) is 8.14. The summed E-state index contributed by atoms with van der Waals surface area (Å²) in [5.74, 6) is -0.0388. The Morgan fingerprint density at radius 3 is 2.92 bits per heavy atom. The molecule has 2 aromatic heterocycles. The lowest BCUT2D eigenvalue weighted by atomic mass is 9.89. The highest BCUT2D eigenvalue weighted by atomic mass is 16.5. The summed E-state index contributed by atoms with van der Waals surface area (Å²) >= 11 is 0. The number of amides is 1. The van der Waals surface area contributed by atoms with Crippen LogP contribution in [0.15, 0.2) is 49.1 Å². The maximum absolute atomic E-state index is 12.7. The van der Waals surface area contributed by atoms with E-state index in [9.17, 15) is 4.79 Å². The number of hydrogen-bond acceptors (Lipinski definition) is 5. The molecule has 0 aliphatic carbocycles. The first kappa shape index (κ1) is 16.2. The molecule has 3 atom stereocenters. The molecule has 130 valence electrons. The van der Waals surface area contributed by atoms with Crippen molar-refractivity contribution in [2.75, 3.05) is 18.5 Å². The molecule has 0 aromatic carbocycles. The monoisotopic (exact) mass is 338 g/mol. The molecular formula is C19H22N4O2. The molecule has 0 spiro atoms. The fourth-order valence-corrected chi connectivity index (χ4v) is 3.83. The number of aromatic nitrogens is 2. The maximum Gasteiger partial charge on any atom is 0.228 e. The topological polar surface area (TPSA) is 67.3 Å². The number of fused-ring (bicyclic) bond motifs is 1. The third-order valence-electron chi connectivity index (χ3n) is 5.05. The third-order valence-corrected chi connectivity index (χ3v) is 5.05. The Morgan fingerprint density at radius 1 is 1.24 bits per heavy atom. The number of carbonyl (C=O) groups is 1. The van der Waals surface area contributed by atoms with Crippen LogP contribution in [-0.4, -0.2) is 46.1 Å². The number of nitrogens with zero attached hydrogens (tertiary/aromatic N) is 3.